The number of rotatable bonds is 4. The molecule has 20 heavy (non-hydrogen) atoms. The van der Waals surface area contributed by atoms with E-state index in [1.54, 1.807) is 4.90 Å². The molecule has 108 valence electrons. The number of ether oxygens (including phenoxy) is 1. The SMILES string of the molecule is CCC1Oc2cc([N+](=O)[O-])ccc2N(C(C)CN)C1=O. The van der Waals surface area contributed by atoms with Gasteiger partial charge in [0.05, 0.1) is 16.7 Å². The van der Waals surface area contributed by atoms with E-state index in [-0.39, 0.29) is 17.6 Å². The van der Waals surface area contributed by atoms with E-state index in [0.717, 1.165) is 0 Å². The third-order valence-electron chi connectivity index (χ3n) is 3.35. The summed E-state index contributed by atoms with van der Waals surface area (Å²) in [5.74, 6) is 0.192. The largest absolute Gasteiger partial charge is 0.478 e. The Bertz CT molecular complexity index is 546. The molecule has 0 bridgehead atoms. The molecular formula is C13H17N3O4. The lowest BCUT2D eigenvalue weighted by atomic mass is 10.1. The minimum absolute atomic E-state index is 0.0618. The van der Waals surface area contributed by atoms with Crippen LogP contribution in [0.3, 0.4) is 0 Å². The number of hydrogen-bond acceptors (Lipinski definition) is 5. The molecule has 2 atom stereocenters. The van der Waals surface area contributed by atoms with Crippen LogP contribution in [0.5, 0.6) is 5.75 Å². The number of nitro benzene ring substituents is 1. The normalized spacial score (nSPS) is 19.2. The number of fused-ring (bicyclic) bond motifs is 1. The second-order valence-corrected chi connectivity index (χ2v) is 4.72. The zero-order chi connectivity index (χ0) is 14.9. The van der Waals surface area contributed by atoms with Crippen LogP contribution in [0.4, 0.5) is 11.4 Å². The molecule has 0 saturated carbocycles. The predicted octanol–water partition coefficient (Wildman–Crippen LogP) is 1.45. The van der Waals surface area contributed by atoms with Gasteiger partial charge >= 0.3 is 0 Å². The Balaban J connectivity index is 2.50. The van der Waals surface area contributed by atoms with E-state index in [1.165, 1.54) is 18.2 Å². The van der Waals surface area contributed by atoms with Crippen molar-refractivity contribution >= 4 is 17.3 Å². The number of non-ortho nitro benzene ring substituents is 1. The van der Waals surface area contributed by atoms with Gasteiger partial charge in [-0.1, -0.05) is 6.92 Å². The molecule has 7 nitrogen and oxygen atoms in total. The summed E-state index contributed by atoms with van der Waals surface area (Å²) in [7, 11) is 0. The molecular weight excluding hydrogens is 262 g/mol. The van der Waals surface area contributed by atoms with Crippen LogP contribution in [0.2, 0.25) is 0 Å². The first-order valence-corrected chi connectivity index (χ1v) is 6.47. The van der Waals surface area contributed by atoms with Crippen molar-refractivity contribution in [3.05, 3.63) is 28.3 Å². The molecule has 0 spiro atoms. The second kappa shape index (κ2) is 5.46. The standard InChI is InChI=1S/C13H17N3O4/c1-3-11-13(17)15(8(2)7-14)10-5-4-9(16(18)19)6-12(10)20-11/h4-6,8,11H,3,7,14H2,1-2H3. The van der Waals surface area contributed by atoms with Crippen molar-refractivity contribution in [2.75, 3.05) is 11.4 Å². The molecule has 1 aromatic carbocycles. The average Bonchev–Trinajstić information content (AvgIpc) is 2.45. The third kappa shape index (κ3) is 2.32. The van der Waals surface area contributed by atoms with E-state index in [2.05, 4.69) is 0 Å². The van der Waals surface area contributed by atoms with E-state index in [4.69, 9.17) is 10.5 Å². The van der Waals surface area contributed by atoms with E-state index in [1.807, 2.05) is 13.8 Å². The van der Waals surface area contributed by atoms with Gasteiger partial charge in [0, 0.05) is 18.7 Å². The van der Waals surface area contributed by atoms with Gasteiger partial charge in [0.1, 0.15) is 0 Å². The van der Waals surface area contributed by atoms with E-state index >= 15 is 0 Å². The maximum absolute atomic E-state index is 12.3. The van der Waals surface area contributed by atoms with Gasteiger partial charge in [-0.25, -0.2) is 0 Å². The molecule has 2 unspecified atom stereocenters. The quantitative estimate of drug-likeness (QED) is 0.664. The number of nitro groups is 1. The molecule has 1 aromatic rings. The van der Waals surface area contributed by atoms with Crippen LogP contribution in [0, 0.1) is 10.1 Å². The highest BCUT2D eigenvalue weighted by Gasteiger charge is 2.36. The highest BCUT2D eigenvalue weighted by Crippen LogP contribution is 2.38. The second-order valence-electron chi connectivity index (χ2n) is 4.72. The molecule has 1 aliphatic rings. The van der Waals surface area contributed by atoms with Crippen LogP contribution in [0.1, 0.15) is 20.3 Å². The van der Waals surface area contributed by atoms with Crippen LogP contribution in [0.25, 0.3) is 0 Å². The topological polar surface area (TPSA) is 98.7 Å². The van der Waals surface area contributed by atoms with Gasteiger partial charge in [0.25, 0.3) is 11.6 Å². The smallest absolute Gasteiger partial charge is 0.273 e. The number of amides is 1. The summed E-state index contributed by atoms with van der Waals surface area (Å²) in [4.78, 5) is 24.3. The number of nitrogens with two attached hydrogens (primary N) is 1. The zero-order valence-corrected chi connectivity index (χ0v) is 11.4. The van der Waals surface area contributed by atoms with E-state index < -0.39 is 11.0 Å². The fourth-order valence-electron chi connectivity index (χ4n) is 2.21. The van der Waals surface area contributed by atoms with Gasteiger partial charge in [-0.15, -0.1) is 0 Å². The summed E-state index contributed by atoms with van der Waals surface area (Å²) in [6.07, 6.45) is -0.132. The minimum atomic E-state index is -0.626. The Kier molecular flexibility index (Phi) is 3.89. The monoisotopic (exact) mass is 279 g/mol. The molecule has 1 heterocycles. The van der Waals surface area contributed by atoms with Crippen LogP contribution in [-0.2, 0) is 4.79 Å². The van der Waals surface area contributed by atoms with Crippen molar-refractivity contribution in [2.24, 2.45) is 5.73 Å². The Morgan fingerprint density at radius 1 is 1.55 bits per heavy atom. The number of hydrogen-bond donors (Lipinski definition) is 1. The van der Waals surface area contributed by atoms with Crippen LogP contribution in [-0.4, -0.2) is 29.5 Å². The maximum atomic E-state index is 12.3. The number of nitrogens with zero attached hydrogens (tertiary/aromatic N) is 2. The number of carbonyl (C=O) groups excluding carboxylic acids is 1. The fraction of sp³-hybridized carbons (Fsp3) is 0.462. The third-order valence-corrected chi connectivity index (χ3v) is 3.35. The van der Waals surface area contributed by atoms with E-state index in [9.17, 15) is 14.9 Å². The molecule has 7 heteroatoms. The molecule has 2 N–H and O–H groups in total. The van der Waals surface area contributed by atoms with Crippen molar-refractivity contribution in [1.29, 1.82) is 0 Å². The molecule has 2 rings (SSSR count). The highest BCUT2D eigenvalue weighted by molar-refractivity contribution is 6.00. The van der Waals surface area contributed by atoms with Crippen molar-refractivity contribution in [3.63, 3.8) is 0 Å². The van der Waals surface area contributed by atoms with Gasteiger partial charge in [0.15, 0.2) is 11.9 Å². The lowest BCUT2D eigenvalue weighted by Gasteiger charge is -2.37. The summed E-state index contributed by atoms with van der Waals surface area (Å²) in [5, 5.41) is 10.8. The highest BCUT2D eigenvalue weighted by atomic mass is 16.6. The number of anilines is 1. The number of benzene rings is 1. The lowest BCUT2D eigenvalue weighted by molar-refractivity contribution is -0.384. The Morgan fingerprint density at radius 3 is 2.80 bits per heavy atom. The summed E-state index contributed by atoms with van der Waals surface area (Å²) >= 11 is 0. The zero-order valence-electron chi connectivity index (χ0n) is 11.4. The first-order chi connectivity index (χ1) is 9.49. The first-order valence-electron chi connectivity index (χ1n) is 6.47. The molecule has 1 aliphatic heterocycles. The van der Waals surface area contributed by atoms with Gasteiger partial charge in [-0.2, -0.15) is 0 Å². The lowest BCUT2D eigenvalue weighted by Crippen LogP contribution is -2.51. The van der Waals surface area contributed by atoms with Gasteiger partial charge < -0.3 is 15.4 Å². The van der Waals surface area contributed by atoms with Gasteiger partial charge in [-0.05, 0) is 19.4 Å². The first kappa shape index (κ1) is 14.3. The van der Waals surface area contributed by atoms with Crippen LogP contribution >= 0.6 is 0 Å². The summed E-state index contributed by atoms with van der Waals surface area (Å²) < 4.78 is 5.57. The van der Waals surface area contributed by atoms with Gasteiger partial charge in [0.2, 0.25) is 0 Å². The molecule has 1 amide bonds. The van der Waals surface area contributed by atoms with Crippen LogP contribution in [0.15, 0.2) is 18.2 Å². The molecule has 0 fully saturated rings. The summed E-state index contributed by atoms with van der Waals surface area (Å²) in [6.45, 7) is 3.97. The molecule has 0 aromatic heterocycles. The summed E-state index contributed by atoms with van der Waals surface area (Å²) in [5.41, 5.74) is 6.11. The van der Waals surface area contributed by atoms with E-state index in [0.29, 0.717) is 24.4 Å². The van der Waals surface area contributed by atoms with Crippen molar-refractivity contribution < 1.29 is 14.5 Å². The Labute approximate surface area is 116 Å². The molecule has 0 radical (unpaired) electrons. The van der Waals surface area contributed by atoms with Crippen molar-refractivity contribution in [3.8, 4) is 5.75 Å². The number of carbonyl (C=O) groups is 1. The van der Waals surface area contributed by atoms with Crippen molar-refractivity contribution in [1.82, 2.24) is 0 Å². The summed E-state index contributed by atoms with van der Waals surface area (Å²) in [6, 6.07) is 4.04. The average molecular weight is 279 g/mol. The van der Waals surface area contributed by atoms with Crippen molar-refractivity contribution in [2.45, 2.75) is 32.4 Å². The molecule has 0 aliphatic carbocycles. The Hall–Kier alpha value is -2.15. The minimum Gasteiger partial charge on any atom is -0.478 e. The Morgan fingerprint density at radius 2 is 2.25 bits per heavy atom. The molecule has 0 saturated heterocycles. The predicted molar refractivity (Wildman–Crippen MR) is 73.8 cm³/mol. The van der Waals surface area contributed by atoms with Gasteiger partial charge in [-0.3, -0.25) is 14.9 Å². The van der Waals surface area contributed by atoms with Crippen LogP contribution < -0.4 is 15.4 Å². The maximum Gasteiger partial charge on any atom is 0.273 e. The fourth-order valence-corrected chi connectivity index (χ4v) is 2.21.